The molecule has 1 heterocycles. The fourth-order valence-corrected chi connectivity index (χ4v) is 1.71. The fraction of sp³-hybridized carbons (Fsp3) is 0.111. The molecule has 7 heteroatoms. The molecule has 2 rings (SSSR count). The van der Waals surface area contributed by atoms with Gasteiger partial charge in [0.15, 0.2) is 0 Å². The molecule has 0 saturated carbocycles. The Kier molecular flexibility index (Phi) is 4.98. The fourth-order valence-electron chi connectivity index (χ4n) is 1.54. The molecule has 0 bridgehead atoms. The van der Waals surface area contributed by atoms with E-state index in [1.807, 2.05) is 0 Å². The first-order chi connectivity index (χ1) is 6.96. The molecule has 0 aliphatic rings. The summed E-state index contributed by atoms with van der Waals surface area (Å²) < 4.78 is 37.9. The molecule has 1 aromatic carbocycles. The summed E-state index contributed by atoms with van der Waals surface area (Å²) in [5.41, 5.74) is 0.515. The maximum absolute atomic E-state index is 12.3. The van der Waals surface area contributed by atoms with Gasteiger partial charge in [-0.05, 0) is 30.0 Å². The van der Waals surface area contributed by atoms with Crippen molar-refractivity contribution in [1.82, 2.24) is 4.57 Å². The summed E-state index contributed by atoms with van der Waals surface area (Å²) in [5, 5.41) is 1.21. The Labute approximate surface area is 138 Å². The molecule has 2 aromatic rings. The van der Waals surface area contributed by atoms with E-state index in [1.54, 1.807) is 24.3 Å². The van der Waals surface area contributed by atoms with Crippen LogP contribution in [0, 0.1) is 0 Å². The Balaban J connectivity index is 0.00000128. The van der Waals surface area contributed by atoms with Crippen molar-refractivity contribution >= 4 is 29.5 Å². The van der Waals surface area contributed by atoms with Gasteiger partial charge in [-0.3, -0.25) is 0 Å². The molecule has 80 valence electrons. The van der Waals surface area contributed by atoms with Gasteiger partial charge in [0.25, 0.3) is 0 Å². The zero-order valence-corrected chi connectivity index (χ0v) is 12.5. The summed E-state index contributed by atoms with van der Waals surface area (Å²) in [7, 11) is 0. The van der Waals surface area contributed by atoms with Crippen molar-refractivity contribution in [3.05, 3.63) is 35.5 Å². The van der Waals surface area contributed by atoms with E-state index in [9.17, 15) is 12.9 Å². The van der Waals surface area contributed by atoms with Gasteiger partial charge in [-0.2, -0.15) is 0 Å². The summed E-state index contributed by atoms with van der Waals surface area (Å²) >= 11 is 5.73. The molecule has 0 aliphatic heterocycles. The number of halogens is 4. The van der Waals surface area contributed by atoms with Gasteiger partial charge in [-0.1, -0.05) is 17.7 Å². The van der Waals surface area contributed by atoms with Crippen molar-refractivity contribution in [1.29, 1.82) is 0 Å². The predicted octanol–water partition coefficient (Wildman–Crippen LogP) is 0.685. The predicted molar refractivity (Wildman–Crippen MR) is 56.0 cm³/mol. The Bertz CT molecular complexity index is 497. The zero-order chi connectivity index (χ0) is 11.1. The van der Waals surface area contributed by atoms with Crippen molar-refractivity contribution in [2.45, 2.75) is 6.44 Å². The molecular formula is C9H7BClF3KN. The van der Waals surface area contributed by atoms with E-state index in [0.29, 0.717) is 10.5 Å². The molecule has 0 unspecified atom stereocenters. The minimum absolute atomic E-state index is 0. The van der Waals surface area contributed by atoms with Crippen LogP contribution >= 0.6 is 11.6 Å². The van der Waals surface area contributed by atoms with Crippen LogP contribution in [0.1, 0.15) is 0 Å². The van der Waals surface area contributed by atoms with Crippen LogP contribution in [0.4, 0.5) is 12.9 Å². The number of rotatable bonds is 2. The first-order valence-corrected chi connectivity index (χ1v) is 4.79. The van der Waals surface area contributed by atoms with Crippen molar-refractivity contribution in [3.8, 4) is 0 Å². The van der Waals surface area contributed by atoms with Gasteiger partial charge >= 0.3 is 58.4 Å². The summed E-state index contributed by atoms with van der Waals surface area (Å²) in [5.74, 6) is 0. The van der Waals surface area contributed by atoms with Crippen molar-refractivity contribution in [3.63, 3.8) is 0 Å². The van der Waals surface area contributed by atoms with Crippen LogP contribution in [0.3, 0.4) is 0 Å². The Morgan fingerprint density at radius 3 is 2.50 bits per heavy atom. The van der Waals surface area contributed by atoms with E-state index in [-0.39, 0.29) is 51.4 Å². The van der Waals surface area contributed by atoms with Gasteiger partial charge in [0.1, 0.15) is 0 Å². The quantitative estimate of drug-likeness (QED) is 0.708. The number of hydrogen-bond acceptors (Lipinski definition) is 0. The Morgan fingerprint density at radius 1 is 1.19 bits per heavy atom. The van der Waals surface area contributed by atoms with Crippen LogP contribution in [0.25, 0.3) is 10.9 Å². The van der Waals surface area contributed by atoms with Crippen molar-refractivity contribution in [2.75, 3.05) is 0 Å². The van der Waals surface area contributed by atoms with Gasteiger partial charge in [-0.15, -0.1) is 0 Å². The van der Waals surface area contributed by atoms with Crippen molar-refractivity contribution in [2.24, 2.45) is 0 Å². The van der Waals surface area contributed by atoms with Gasteiger partial charge in [0, 0.05) is 16.7 Å². The first kappa shape index (κ1) is 14.6. The minimum Gasteiger partial charge on any atom is -0.448 e. The van der Waals surface area contributed by atoms with Gasteiger partial charge in [0.2, 0.25) is 0 Å². The third kappa shape index (κ3) is 3.52. The number of nitrogens with zero attached hydrogens (tertiary/aromatic N) is 1. The Hall–Kier alpha value is 0.541. The normalized spacial score (nSPS) is 11.5. The molecule has 0 N–H and O–H groups in total. The van der Waals surface area contributed by atoms with Crippen LogP contribution in [-0.4, -0.2) is 11.5 Å². The van der Waals surface area contributed by atoms with Gasteiger partial charge < -0.3 is 17.5 Å². The van der Waals surface area contributed by atoms with E-state index < -0.39 is 13.4 Å². The second-order valence-corrected chi connectivity index (χ2v) is 3.82. The standard InChI is InChI=1S/C9H7BClF3N.K/c11-8-2-1-7-3-4-15(9(7)5-8)6-10(12,13)14;/h1-5H,6H2;/q-1;+1. The smallest absolute Gasteiger partial charge is 0.448 e. The molecule has 0 amide bonds. The molecule has 1 nitrogen and oxygen atoms in total. The number of aromatic nitrogens is 1. The molecule has 0 atom stereocenters. The van der Waals surface area contributed by atoms with E-state index in [1.165, 1.54) is 10.8 Å². The minimum atomic E-state index is -4.83. The third-order valence-corrected chi connectivity index (χ3v) is 2.37. The summed E-state index contributed by atoms with van der Waals surface area (Å²) in [6, 6.07) is 6.55. The average Bonchev–Trinajstić information content (AvgIpc) is 2.46. The molecule has 16 heavy (non-hydrogen) atoms. The van der Waals surface area contributed by atoms with E-state index in [2.05, 4.69) is 0 Å². The SMILES string of the molecule is F[B-](F)(F)Cn1ccc2ccc(Cl)cc21.[K+]. The van der Waals surface area contributed by atoms with Crippen LogP contribution in [-0.2, 0) is 6.44 Å². The third-order valence-electron chi connectivity index (χ3n) is 2.14. The molecule has 1 aromatic heterocycles. The first-order valence-electron chi connectivity index (χ1n) is 4.41. The van der Waals surface area contributed by atoms with E-state index in [4.69, 9.17) is 11.6 Å². The van der Waals surface area contributed by atoms with E-state index in [0.717, 1.165) is 5.39 Å². The topological polar surface area (TPSA) is 4.93 Å². The average molecular weight is 272 g/mol. The summed E-state index contributed by atoms with van der Waals surface area (Å²) in [4.78, 5) is 0. The summed E-state index contributed by atoms with van der Waals surface area (Å²) in [6.07, 6.45) is 0.500. The molecule has 0 saturated heterocycles. The van der Waals surface area contributed by atoms with Crippen LogP contribution in [0.2, 0.25) is 5.02 Å². The van der Waals surface area contributed by atoms with Gasteiger partial charge in [0.05, 0.1) is 0 Å². The number of benzene rings is 1. The molecule has 0 aliphatic carbocycles. The molecule has 0 radical (unpaired) electrons. The molecule has 0 spiro atoms. The van der Waals surface area contributed by atoms with E-state index >= 15 is 0 Å². The largest absolute Gasteiger partial charge is 1.00 e. The molecule has 0 fully saturated rings. The monoisotopic (exact) mass is 271 g/mol. The summed E-state index contributed by atoms with van der Waals surface area (Å²) in [6.45, 7) is -4.83. The maximum atomic E-state index is 12.3. The zero-order valence-electron chi connectivity index (χ0n) is 8.63. The number of fused-ring (bicyclic) bond motifs is 1. The maximum Gasteiger partial charge on any atom is 1.00 e. The molecular weight excluding hydrogens is 264 g/mol. The van der Waals surface area contributed by atoms with Crippen LogP contribution < -0.4 is 51.4 Å². The van der Waals surface area contributed by atoms with Crippen molar-refractivity contribution < 1.29 is 64.3 Å². The number of hydrogen-bond donors (Lipinski definition) is 0. The Morgan fingerprint density at radius 2 is 1.88 bits per heavy atom. The van der Waals surface area contributed by atoms with Gasteiger partial charge in [-0.25, -0.2) is 0 Å². The second-order valence-electron chi connectivity index (χ2n) is 3.38. The van der Waals surface area contributed by atoms with Crippen LogP contribution in [0.5, 0.6) is 0 Å². The second kappa shape index (κ2) is 5.46. The van der Waals surface area contributed by atoms with Crippen LogP contribution in [0.15, 0.2) is 30.5 Å².